The topological polar surface area (TPSA) is 174 Å². The number of benzene rings is 2. The van der Waals surface area contributed by atoms with Crippen molar-refractivity contribution in [1.29, 1.82) is 0 Å². The highest BCUT2D eigenvalue weighted by Gasteiger charge is 2.47. The molecule has 0 aliphatic carbocycles. The van der Waals surface area contributed by atoms with E-state index in [-0.39, 0.29) is 27.4 Å². The lowest BCUT2D eigenvalue weighted by Gasteiger charge is -2.25. The summed E-state index contributed by atoms with van der Waals surface area (Å²) in [7, 11) is -3.98. The number of sulfonamides is 1. The van der Waals surface area contributed by atoms with E-state index in [1.807, 2.05) is 0 Å². The third-order valence-electron chi connectivity index (χ3n) is 5.24. The number of non-ortho nitro benzene ring substituents is 1. The predicted molar refractivity (Wildman–Crippen MR) is 120 cm³/mol. The van der Waals surface area contributed by atoms with Gasteiger partial charge in [-0.2, -0.15) is 0 Å². The zero-order valence-electron chi connectivity index (χ0n) is 17.2. The summed E-state index contributed by atoms with van der Waals surface area (Å²) in [6, 6.07) is 12.0. The molecule has 12 heteroatoms. The molecule has 1 aliphatic heterocycles. The lowest BCUT2D eigenvalue weighted by Crippen LogP contribution is -2.29. The molecular weight excluding hydrogens is 464 g/mol. The van der Waals surface area contributed by atoms with Crippen LogP contribution in [0.4, 0.5) is 11.4 Å². The van der Waals surface area contributed by atoms with E-state index < -0.39 is 38.4 Å². The van der Waals surface area contributed by atoms with Gasteiger partial charge in [0.2, 0.25) is 10.0 Å². The molecule has 1 amide bonds. The number of aliphatic hydroxyl groups excluding tert-OH is 1. The maximum Gasteiger partial charge on any atom is 0.300 e. The van der Waals surface area contributed by atoms with Crippen LogP contribution in [-0.4, -0.2) is 35.1 Å². The number of carbonyl (C=O) groups is 2. The van der Waals surface area contributed by atoms with Gasteiger partial charge in [-0.3, -0.25) is 29.6 Å². The van der Waals surface area contributed by atoms with Gasteiger partial charge in [-0.1, -0.05) is 6.07 Å². The average molecular weight is 480 g/mol. The number of amides is 1. The number of aliphatic hydroxyl groups is 1. The van der Waals surface area contributed by atoms with Crippen LogP contribution in [0.3, 0.4) is 0 Å². The first-order valence-corrected chi connectivity index (χ1v) is 11.2. The number of aromatic nitrogens is 1. The summed E-state index contributed by atoms with van der Waals surface area (Å²) in [6.07, 6.45) is 2.91. The molecule has 2 heterocycles. The fourth-order valence-electron chi connectivity index (χ4n) is 3.64. The summed E-state index contributed by atoms with van der Waals surface area (Å²) in [5.74, 6) is -2.47. The predicted octanol–water partition coefficient (Wildman–Crippen LogP) is 2.26. The van der Waals surface area contributed by atoms with Gasteiger partial charge in [-0.05, 0) is 48.0 Å². The van der Waals surface area contributed by atoms with E-state index in [1.165, 1.54) is 48.8 Å². The lowest BCUT2D eigenvalue weighted by molar-refractivity contribution is -0.384. The monoisotopic (exact) mass is 480 g/mol. The molecule has 1 fully saturated rings. The minimum atomic E-state index is -3.98. The van der Waals surface area contributed by atoms with Gasteiger partial charge in [-0.25, -0.2) is 13.6 Å². The molecule has 1 unspecified atom stereocenters. The first-order chi connectivity index (χ1) is 16.1. The number of hydrogen-bond acceptors (Lipinski definition) is 8. The number of nitro benzene ring substituents is 1. The van der Waals surface area contributed by atoms with Crippen molar-refractivity contribution in [2.75, 3.05) is 4.90 Å². The first kappa shape index (κ1) is 22.8. The fraction of sp³-hybridized carbons (Fsp3) is 0.0455. The highest BCUT2D eigenvalue weighted by molar-refractivity contribution is 7.89. The molecule has 3 aromatic rings. The number of anilines is 1. The van der Waals surface area contributed by atoms with E-state index in [2.05, 4.69) is 4.98 Å². The average Bonchev–Trinajstić information content (AvgIpc) is 3.09. The van der Waals surface area contributed by atoms with Crippen molar-refractivity contribution < 1.29 is 28.0 Å². The molecule has 2 aromatic carbocycles. The number of carbonyl (C=O) groups excluding carboxylic acids is 2. The third-order valence-corrected chi connectivity index (χ3v) is 6.17. The van der Waals surface area contributed by atoms with E-state index in [4.69, 9.17) is 5.14 Å². The second-order valence-electron chi connectivity index (χ2n) is 7.30. The van der Waals surface area contributed by atoms with Crippen molar-refractivity contribution >= 4 is 38.8 Å². The quantitative estimate of drug-likeness (QED) is 0.184. The van der Waals surface area contributed by atoms with E-state index in [1.54, 1.807) is 12.1 Å². The van der Waals surface area contributed by atoms with Crippen molar-refractivity contribution in [3.05, 3.63) is 99.9 Å². The van der Waals surface area contributed by atoms with E-state index >= 15 is 0 Å². The van der Waals surface area contributed by atoms with Gasteiger partial charge in [0.05, 0.1) is 21.4 Å². The SMILES string of the molecule is NS(=O)(=O)c1ccc(N2C(=O)C(=O)/C(=C(/O)c3ccc([N+](=O)[O-])cc3)C2c2cccnc2)cc1. The Kier molecular flexibility index (Phi) is 5.69. The molecule has 0 spiro atoms. The second-order valence-corrected chi connectivity index (χ2v) is 8.86. The van der Waals surface area contributed by atoms with Crippen LogP contribution >= 0.6 is 0 Å². The lowest BCUT2D eigenvalue weighted by atomic mass is 9.96. The minimum Gasteiger partial charge on any atom is -0.507 e. The number of nitrogens with zero attached hydrogens (tertiary/aromatic N) is 3. The molecule has 11 nitrogen and oxygen atoms in total. The molecule has 1 aromatic heterocycles. The maximum absolute atomic E-state index is 13.0. The molecule has 1 saturated heterocycles. The van der Waals surface area contributed by atoms with Gasteiger partial charge in [0.15, 0.2) is 0 Å². The molecule has 4 rings (SSSR count). The van der Waals surface area contributed by atoms with Crippen molar-refractivity contribution in [3.8, 4) is 0 Å². The van der Waals surface area contributed by atoms with Gasteiger partial charge >= 0.3 is 0 Å². The van der Waals surface area contributed by atoms with Crippen molar-refractivity contribution in [3.63, 3.8) is 0 Å². The molecular formula is C22H16N4O7S. The number of rotatable bonds is 5. The molecule has 1 aliphatic rings. The zero-order valence-corrected chi connectivity index (χ0v) is 18.0. The summed E-state index contributed by atoms with van der Waals surface area (Å²) < 4.78 is 23.2. The van der Waals surface area contributed by atoms with E-state index in [0.717, 1.165) is 17.0 Å². The summed E-state index contributed by atoms with van der Waals surface area (Å²) in [6.45, 7) is 0. The number of hydrogen-bond donors (Lipinski definition) is 2. The Balaban J connectivity index is 1.88. The molecule has 34 heavy (non-hydrogen) atoms. The molecule has 172 valence electrons. The van der Waals surface area contributed by atoms with Crippen LogP contribution in [0.5, 0.6) is 0 Å². The summed E-state index contributed by atoms with van der Waals surface area (Å²) in [4.78, 5) is 41.4. The Labute approximate surface area is 193 Å². The van der Waals surface area contributed by atoms with Crippen LogP contribution in [0.2, 0.25) is 0 Å². The van der Waals surface area contributed by atoms with Crippen molar-refractivity contribution in [2.24, 2.45) is 5.14 Å². The summed E-state index contributed by atoms with van der Waals surface area (Å²) in [5, 5.41) is 27.0. The molecule has 0 radical (unpaired) electrons. The maximum atomic E-state index is 13.0. The van der Waals surface area contributed by atoms with Gasteiger partial charge in [0.1, 0.15) is 5.76 Å². The Hall–Kier alpha value is -4.42. The molecule has 0 bridgehead atoms. The van der Waals surface area contributed by atoms with Crippen molar-refractivity contribution in [1.82, 2.24) is 4.98 Å². The first-order valence-electron chi connectivity index (χ1n) is 9.68. The molecule has 1 atom stereocenters. The minimum absolute atomic E-state index is 0.0991. The fourth-order valence-corrected chi connectivity index (χ4v) is 4.16. The second kappa shape index (κ2) is 8.50. The summed E-state index contributed by atoms with van der Waals surface area (Å²) >= 11 is 0. The Morgan fingerprint density at radius 2 is 1.71 bits per heavy atom. The number of ketones is 1. The van der Waals surface area contributed by atoms with Gasteiger partial charge < -0.3 is 5.11 Å². The highest BCUT2D eigenvalue weighted by Crippen LogP contribution is 2.42. The number of nitro groups is 1. The molecule has 3 N–H and O–H groups in total. The zero-order chi connectivity index (χ0) is 24.6. The Morgan fingerprint density at radius 1 is 1.06 bits per heavy atom. The van der Waals surface area contributed by atoms with Crippen LogP contribution < -0.4 is 10.0 Å². The standard InChI is InChI=1S/C22H16N4O7S/c23-34(32,33)17-9-7-15(8-10-17)25-19(14-2-1-11-24-12-14)18(21(28)22(25)29)20(27)13-3-5-16(6-4-13)26(30)31/h1-12,19,27H,(H2,23,32,33)/b20-18+. The largest absolute Gasteiger partial charge is 0.507 e. The number of nitrogens with two attached hydrogens (primary N) is 1. The van der Waals surface area contributed by atoms with Gasteiger partial charge in [0.25, 0.3) is 17.4 Å². The Morgan fingerprint density at radius 3 is 2.24 bits per heavy atom. The summed E-state index contributed by atoms with van der Waals surface area (Å²) in [5.41, 5.74) is 0.229. The highest BCUT2D eigenvalue weighted by atomic mass is 32.2. The smallest absolute Gasteiger partial charge is 0.300 e. The van der Waals surface area contributed by atoms with Gasteiger partial charge in [0, 0.05) is 35.8 Å². The Bertz CT molecular complexity index is 1430. The van der Waals surface area contributed by atoms with E-state index in [9.17, 15) is 33.2 Å². The molecule has 0 saturated carbocycles. The number of pyridine rings is 1. The van der Waals surface area contributed by atoms with E-state index in [0.29, 0.717) is 5.56 Å². The number of primary sulfonamides is 1. The number of Topliss-reactive ketones (excluding diaryl/α,β-unsaturated/α-hetero) is 1. The third kappa shape index (κ3) is 4.02. The van der Waals surface area contributed by atoms with Crippen LogP contribution in [-0.2, 0) is 19.6 Å². The van der Waals surface area contributed by atoms with Crippen LogP contribution in [0.1, 0.15) is 17.2 Å². The van der Waals surface area contributed by atoms with Crippen LogP contribution in [0.15, 0.2) is 83.5 Å². The van der Waals surface area contributed by atoms with Crippen LogP contribution in [0, 0.1) is 10.1 Å². The van der Waals surface area contributed by atoms with Gasteiger partial charge in [-0.15, -0.1) is 0 Å². The van der Waals surface area contributed by atoms with Crippen LogP contribution in [0.25, 0.3) is 5.76 Å². The normalized spacial score (nSPS) is 17.7. The van der Waals surface area contributed by atoms with Crippen molar-refractivity contribution in [2.45, 2.75) is 10.9 Å².